The predicted octanol–water partition coefficient (Wildman–Crippen LogP) is 4.00. The molecule has 2 rings (SSSR count). The van der Waals surface area contributed by atoms with Crippen LogP contribution in [0.4, 0.5) is 5.69 Å². The normalized spacial score (nSPS) is 10.3. The van der Waals surface area contributed by atoms with E-state index in [0.717, 1.165) is 5.56 Å². The maximum atomic E-state index is 12.0. The fourth-order valence-electron chi connectivity index (χ4n) is 1.41. The third kappa shape index (κ3) is 3.35. The molecule has 0 unspecified atom stereocenters. The number of aryl methyl sites for hydroxylation is 1. The number of hydrogen-bond donors (Lipinski definition) is 1. The number of rotatable bonds is 2. The van der Waals surface area contributed by atoms with Crippen LogP contribution in [-0.4, -0.2) is 15.9 Å². The number of carbonyl (C=O) groups excluding carboxylic acids is 1. The SMILES string of the molecule is Cc1cnc(Cl)c(NC(=O)c2ccc(Cl)nc2Cl)c1. The summed E-state index contributed by atoms with van der Waals surface area (Å²) >= 11 is 17.4. The van der Waals surface area contributed by atoms with Gasteiger partial charge in [-0.05, 0) is 30.7 Å². The molecule has 0 bridgehead atoms. The molecule has 2 heterocycles. The van der Waals surface area contributed by atoms with Crippen molar-refractivity contribution in [1.29, 1.82) is 0 Å². The molecule has 0 fully saturated rings. The summed E-state index contributed by atoms with van der Waals surface area (Å²) in [6.07, 6.45) is 1.61. The van der Waals surface area contributed by atoms with Crippen molar-refractivity contribution < 1.29 is 4.79 Å². The number of nitrogens with one attached hydrogen (secondary N) is 1. The number of anilines is 1. The Morgan fingerprint density at radius 3 is 2.63 bits per heavy atom. The van der Waals surface area contributed by atoms with Crippen molar-refractivity contribution in [3.8, 4) is 0 Å². The highest BCUT2D eigenvalue weighted by Gasteiger charge is 2.14. The Kier molecular flexibility index (Phi) is 4.24. The Balaban J connectivity index is 2.28. The van der Waals surface area contributed by atoms with Crippen molar-refractivity contribution in [2.75, 3.05) is 5.32 Å². The molecule has 4 nitrogen and oxygen atoms in total. The zero-order valence-corrected chi connectivity index (χ0v) is 12.0. The third-order valence-electron chi connectivity index (χ3n) is 2.28. The van der Waals surface area contributed by atoms with E-state index in [0.29, 0.717) is 5.69 Å². The second-order valence-corrected chi connectivity index (χ2v) is 4.88. The van der Waals surface area contributed by atoms with Crippen molar-refractivity contribution in [1.82, 2.24) is 9.97 Å². The molecule has 0 saturated carbocycles. The lowest BCUT2D eigenvalue weighted by molar-refractivity contribution is 0.102. The van der Waals surface area contributed by atoms with E-state index in [2.05, 4.69) is 15.3 Å². The van der Waals surface area contributed by atoms with Gasteiger partial charge in [0.1, 0.15) is 10.3 Å². The molecule has 2 aromatic rings. The maximum Gasteiger partial charge on any atom is 0.258 e. The number of amides is 1. The van der Waals surface area contributed by atoms with Crippen LogP contribution in [0.2, 0.25) is 15.5 Å². The van der Waals surface area contributed by atoms with E-state index in [4.69, 9.17) is 34.8 Å². The van der Waals surface area contributed by atoms with E-state index in [9.17, 15) is 4.79 Å². The summed E-state index contributed by atoms with van der Waals surface area (Å²) in [6.45, 7) is 1.84. The second kappa shape index (κ2) is 5.74. The first kappa shape index (κ1) is 14.1. The monoisotopic (exact) mass is 315 g/mol. The first-order chi connectivity index (χ1) is 8.97. The molecule has 0 aliphatic heterocycles. The molecule has 1 N–H and O–H groups in total. The van der Waals surface area contributed by atoms with Crippen LogP contribution in [0.25, 0.3) is 0 Å². The molecular weight excluding hydrogens is 309 g/mol. The number of hydrogen-bond acceptors (Lipinski definition) is 3. The lowest BCUT2D eigenvalue weighted by atomic mass is 10.2. The van der Waals surface area contributed by atoms with Gasteiger partial charge in [-0.25, -0.2) is 9.97 Å². The van der Waals surface area contributed by atoms with Crippen molar-refractivity contribution in [3.05, 3.63) is 51.0 Å². The molecule has 2 aromatic heterocycles. The Labute approximate surface area is 124 Å². The summed E-state index contributed by atoms with van der Waals surface area (Å²) in [5.41, 5.74) is 1.50. The Morgan fingerprint density at radius 1 is 1.21 bits per heavy atom. The van der Waals surface area contributed by atoms with Crippen LogP contribution in [0.5, 0.6) is 0 Å². The third-order valence-corrected chi connectivity index (χ3v) is 3.08. The van der Waals surface area contributed by atoms with Gasteiger partial charge < -0.3 is 5.32 Å². The Hall–Kier alpha value is -1.36. The minimum Gasteiger partial charge on any atom is -0.319 e. The van der Waals surface area contributed by atoms with E-state index < -0.39 is 5.91 Å². The van der Waals surface area contributed by atoms with Crippen LogP contribution < -0.4 is 5.32 Å². The lowest BCUT2D eigenvalue weighted by Crippen LogP contribution is -2.13. The van der Waals surface area contributed by atoms with Crippen LogP contribution in [-0.2, 0) is 0 Å². The number of nitrogens with zero attached hydrogens (tertiary/aromatic N) is 2. The lowest BCUT2D eigenvalue weighted by Gasteiger charge is -2.08. The molecular formula is C12H8Cl3N3O. The van der Waals surface area contributed by atoms with Crippen LogP contribution in [0, 0.1) is 6.92 Å². The topological polar surface area (TPSA) is 54.9 Å². The molecule has 0 aliphatic carbocycles. The van der Waals surface area contributed by atoms with E-state index in [1.807, 2.05) is 6.92 Å². The fraction of sp³-hybridized carbons (Fsp3) is 0.0833. The standard InChI is InChI=1S/C12H8Cl3N3O/c1-6-4-8(11(15)16-5-6)17-12(19)7-2-3-9(13)18-10(7)14/h2-5H,1H3,(H,17,19). The summed E-state index contributed by atoms with van der Waals surface area (Å²) in [7, 11) is 0. The highest BCUT2D eigenvalue weighted by atomic mass is 35.5. The zero-order valence-electron chi connectivity index (χ0n) is 9.75. The maximum absolute atomic E-state index is 12.0. The first-order valence-corrected chi connectivity index (χ1v) is 6.36. The number of carbonyl (C=O) groups is 1. The van der Waals surface area contributed by atoms with Gasteiger partial charge in [-0.1, -0.05) is 34.8 Å². The van der Waals surface area contributed by atoms with Gasteiger partial charge in [-0.3, -0.25) is 4.79 Å². The highest BCUT2D eigenvalue weighted by molar-refractivity contribution is 6.36. The zero-order chi connectivity index (χ0) is 14.0. The largest absolute Gasteiger partial charge is 0.319 e. The van der Waals surface area contributed by atoms with Crippen LogP contribution in [0.15, 0.2) is 24.4 Å². The van der Waals surface area contributed by atoms with Gasteiger partial charge in [-0.15, -0.1) is 0 Å². The van der Waals surface area contributed by atoms with Crippen molar-refractivity contribution >= 4 is 46.4 Å². The average Bonchev–Trinajstić information content (AvgIpc) is 2.33. The summed E-state index contributed by atoms with van der Waals surface area (Å²) < 4.78 is 0. The minimum absolute atomic E-state index is 0.0294. The van der Waals surface area contributed by atoms with E-state index in [1.54, 1.807) is 12.3 Å². The van der Waals surface area contributed by atoms with Gasteiger partial charge in [0, 0.05) is 6.20 Å². The molecule has 0 atom stereocenters. The molecule has 0 saturated heterocycles. The van der Waals surface area contributed by atoms with Crippen LogP contribution in [0.3, 0.4) is 0 Å². The average molecular weight is 317 g/mol. The first-order valence-electron chi connectivity index (χ1n) is 5.23. The number of aromatic nitrogens is 2. The second-order valence-electron chi connectivity index (χ2n) is 3.78. The molecule has 7 heteroatoms. The highest BCUT2D eigenvalue weighted by Crippen LogP contribution is 2.22. The molecule has 0 aromatic carbocycles. The number of pyridine rings is 2. The Bertz CT molecular complexity index is 646. The molecule has 0 spiro atoms. The van der Waals surface area contributed by atoms with E-state index in [-0.39, 0.29) is 21.0 Å². The quantitative estimate of drug-likeness (QED) is 0.852. The van der Waals surface area contributed by atoms with Crippen molar-refractivity contribution in [2.45, 2.75) is 6.92 Å². The molecule has 19 heavy (non-hydrogen) atoms. The van der Waals surface area contributed by atoms with E-state index in [1.165, 1.54) is 12.1 Å². The summed E-state index contributed by atoms with van der Waals surface area (Å²) in [6, 6.07) is 4.69. The van der Waals surface area contributed by atoms with E-state index >= 15 is 0 Å². The molecule has 0 aliphatic rings. The van der Waals surface area contributed by atoms with Gasteiger partial charge >= 0.3 is 0 Å². The molecule has 98 valence electrons. The van der Waals surface area contributed by atoms with Gasteiger partial charge in [0.25, 0.3) is 5.91 Å². The summed E-state index contributed by atoms with van der Waals surface area (Å²) in [5, 5.41) is 3.08. The van der Waals surface area contributed by atoms with Crippen LogP contribution in [0.1, 0.15) is 15.9 Å². The van der Waals surface area contributed by atoms with Crippen molar-refractivity contribution in [2.24, 2.45) is 0 Å². The predicted molar refractivity (Wildman–Crippen MR) is 76.2 cm³/mol. The van der Waals surface area contributed by atoms with Gasteiger partial charge in [-0.2, -0.15) is 0 Å². The Morgan fingerprint density at radius 2 is 1.95 bits per heavy atom. The molecule has 1 amide bonds. The van der Waals surface area contributed by atoms with Crippen LogP contribution >= 0.6 is 34.8 Å². The summed E-state index contributed by atoms with van der Waals surface area (Å²) in [5.74, 6) is -0.427. The van der Waals surface area contributed by atoms with Crippen molar-refractivity contribution in [3.63, 3.8) is 0 Å². The smallest absolute Gasteiger partial charge is 0.258 e. The van der Waals surface area contributed by atoms with Gasteiger partial charge in [0.15, 0.2) is 5.15 Å². The van der Waals surface area contributed by atoms with Gasteiger partial charge in [0.2, 0.25) is 0 Å². The van der Waals surface area contributed by atoms with Gasteiger partial charge in [0.05, 0.1) is 11.3 Å². The summed E-state index contributed by atoms with van der Waals surface area (Å²) in [4.78, 5) is 19.8. The number of halogens is 3. The fourth-order valence-corrected chi connectivity index (χ4v) is 1.99. The molecule has 0 radical (unpaired) electrons. The minimum atomic E-state index is -0.427.